The van der Waals surface area contributed by atoms with Gasteiger partial charge in [0.05, 0.1) is 65.7 Å². The number of halogens is 9. The molecule has 0 radical (unpaired) electrons. The van der Waals surface area contributed by atoms with Crippen LogP contribution in [0.15, 0.2) is 417 Å². The number of unbranched alkanes of at least 4 members (excludes halogenated alkanes) is 1. The highest BCUT2D eigenvalue weighted by Gasteiger charge is 2.56. The van der Waals surface area contributed by atoms with E-state index in [9.17, 15) is 83.2 Å². The Bertz CT molecular complexity index is 5700. The van der Waals surface area contributed by atoms with Crippen molar-refractivity contribution >= 4 is 79.9 Å². The molecule has 3 unspecified atom stereocenters. The Morgan fingerprint density at radius 3 is 0.892 bits per heavy atom. The molecule has 3 atom stereocenters. The zero-order valence-electron chi connectivity index (χ0n) is 83.5. The monoisotopic (exact) mass is 2160 g/mol. The van der Waals surface area contributed by atoms with Crippen molar-refractivity contribution in [3.05, 3.63) is 363 Å². The van der Waals surface area contributed by atoms with Crippen LogP contribution in [0, 0.1) is 64.1 Å². The van der Waals surface area contributed by atoms with Gasteiger partial charge in [-0.3, -0.25) is 4.79 Å². The van der Waals surface area contributed by atoms with Crippen molar-refractivity contribution in [3.63, 3.8) is 0 Å². The molecule has 788 valence electrons. The number of fused-ring (bicyclic) bond motifs is 2. The second-order valence-corrected chi connectivity index (χ2v) is 53.6. The Morgan fingerprint density at radius 2 is 0.642 bits per heavy atom. The summed E-state index contributed by atoms with van der Waals surface area (Å²) in [6, 6.07) is 128. The molecular formula is C121H134F9O11S7+. The lowest BCUT2D eigenvalue weighted by molar-refractivity contribution is -0.188. The fraction of sp³-hybridized carbons (Fsp3) is 0.397. The molecule has 11 aliphatic rings. The van der Waals surface area contributed by atoms with Gasteiger partial charge in [-0.15, -0.1) is 0 Å². The van der Waals surface area contributed by atoms with E-state index in [4.69, 9.17) is 4.74 Å². The topological polar surface area (TPSA) is 198 Å². The van der Waals surface area contributed by atoms with Crippen LogP contribution in [0.25, 0.3) is 0 Å². The molecule has 11 fully saturated rings. The highest BCUT2D eigenvalue weighted by Crippen LogP contribution is 2.63. The van der Waals surface area contributed by atoms with Crippen LogP contribution in [0.3, 0.4) is 0 Å². The molecule has 11 saturated carbocycles. The summed E-state index contributed by atoms with van der Waals surface area (Å²) in [5, 5.41) is -4.08. The minimum absolute atomic E-state index is 0.0106. The third kappa shape index (κ3) is 34.3. The number of alkyl halides is 9. The second-order valence-electron chi connectivity index (χ2n) is 41.1. The average molecular weight is 2160 g/mol. The molecule has 10 bridgehead atoms. The van der Waals surface area contributed by atoms with Crippen molar-refractivity contribution in [3.8, 4) is 0 Å². The molecule has 27 heteroatoms. The molecule has 148 heavy (non-hydrogen) atoms. The van der Waals surface area contributed by atoms with Gasteiger partial charge in [0.2, 0.25) is 0 Å². The van der Waals surface area contributed by atoms with Crippen LogP contribution < -0.4 is 0 Å². The van der Waals surface area contributed by atoms with Gasteiger partial charge in [-0.2, -0.15) is 22.0 Å². The first-order valence-electron chi connectivity index (χ1n) is 51.7. The number of hydrogen-bond acceptors (Lipinski definition) is 11. The number of ether oxygens (including phenoxy) is 1. The fourth-order valence-electron chi connectivity index (χ4n) is 24.0. The van der Waals surface area contributed by atoms with Gasteiger partial charge in [0.25, 0.3) is 11.8 Å². The lowest BCUT2D eigenvalue weighted by Crippen LogP contribution is -2.50. The Hall–Kier alpha value is -9.39. The third-order valence-corrected chi connectivity index (χ3v) is 41.1. The number of carbonyl (C=O) groups excluding carboxylic acids is 1. The SMILES string of the molecule is CCC(F)(F)CC(F)(F)F.O=C(OCCCCC(F)(F)CS(=O)(=O)[O-])C12CC3CC(CC(C3)C1)C2.O=S(=O)([O-])C(F)(F)CC1CC2CCC1C2.O=S(=O)([O-])CCC12CC3CC(CC(C3)C1)C2.c1ccc([S+](c2ccccc2)c2ccc(C3CCCCC3)cc2)cc1.c1ccc([S+](c2ccccc2)c2ccccc2)cc1.c1ccc([S+](c2ccccc2)c2ccccc2)cc1.c1ccc([S+](c2ccccc2)c2ccccc2)cc1. The van der Waals surface area contributed by atoms with Crippen molar-refractivity contribution in [1.82, 2.24) is 0 Å². The van der Waals surface area contributed by atoms with E-state index >= 15 is 0 Å². The third-order valence-electron chi connectivity index (χ3n) is 29.8. The first-order chi connectivity index (χ1) is 70.8. The van der Waals surface area contributed by atoms with Crippen LogP contribution in [0.2, 0.25) is 0 Å². The maximum atomic E-state index is 13.3. The summed E-state index contributed by atoms with van der Waals surface area (Å²) in [5.74, 6) is -3.53. The van der Waals surface area contributed by atoms with Gasteiger partial charge < -0.3 is 18.4 Å². The Morgan fingerprint density at radius 1 is 0.345 bits per heavy atom. The zero-order valence-corrected chi connectivity index (χ0v) is 89.2. The van der Waals surface area contributed by atoms with Crippen LogP contribution >= 0.6 is 0 Å². The van der Waals surface area contributed by atoms with Gasteiger partial charge in [-0.1, -0.05) is 245 Å². The Kier molecular flexibility index (Phi) is 41.1. The van der Waals surface area contributed by atoms with Gasteiger partial charge in [-0.05, 0) is 344 Å². The molecule has 12 aromatic rings. The van der Waals surface area contributed by atoms with E-state index in [2.05, 4.69) is 358 Å². The molecule has 0 aliphatic heterocycles. The molecule has 0 amide bonds. The molecule has 0 N–H and O–H groups in total. The van der Waals surface area contributed by atoms with Crippen LogP contribution in [0.5, 0.6) is 0 Å². The average Bonchev–Trinajstić information content (AvgIpc) is 1.01. The molecule has 23 rings (SSSR count). The first-order valence-corrected chi connectivity index (χ1v) is 61.1. The number of benzene rings is 12. The number of esters is 1. The minimum Gasteiger partial charge on any atom is -0.748 e. The maximum Gasteiger partial charge on any atom is 0.394 e. The van der Waals surface area contributed by atoms with Gasteiger partial charge in [-0.25, -0.2) is 42.8 Å². The molecule has 11 nitrogen and oxygen atoms in total. The number of hydrogen-bond donors (Lipinski definition) is 0. The summed E-state index contributed by atoms with van der Waals surface area (Å²) in [6.07, 6.45) is 16.4. The molecule has 0 aromatic heterocycles. The Labute approximate surface area is 881 Å². The smallest absolute Gasteiger partial charge is 0.394 e. The predicted octanol–water partition coefficient (Wildman–Crippen LogP) is 31.3. The molecular weight excluding hydrogens is 2020 g/mol. The van der Waals surface area contributed by atoms with Gasteiger partial charge in [0.1, 0.15) is 22.3 Å². The summed E-state index contributed by atoms with van der Waals surface area (Å²) in [7, 11) is -14.5. The highest BCUT2D eigenvalue weighted by atomic mass is 32.2. The number of rotatable bonds is 29. The number of carbonyl (C=O) groups is 1. The van der Waals surface area contributed by atoms with Crippen molar-refractivity contribution in [2.45, 2.75) is 275 Å². The van der Waals surface area contributed by atoms with Crippen molar-refractivity contribution in [2.24, 2.45) is 64.1 Å². The minimum atomic E-state index is -5.49. The van der Waals surface area contributed by atoms with E-state index in [1.54, 1.807) is 0 Å². The molecule has 0 heterocycles. The fourth-order valence-corrected chi connectivity index (χ4v) is 34.1. The van der Waals surface area contributed by atoms with E-state index in [-0.39, 0.29) is 97.4 Å². The lowest BCUT2D eigenvalue weighted by Gasteiger charge is -2.57. The molecule has 0 saturated heterocycles. The normalized spacial score (nSPS) is 22.0. The van der Waals surface area contributed by atoms with Crippen molar-refractivity contribution in [2.75, 3.05) is 18.1 Å². The summed E-state index contributed by atoms with van der Waals surface area (Å²) >= 11 is 0. The molecule has 11 aliphatic carbocycles. The van der Waals surface area contributed by atoms with Crippen LogP contribution in [0.4, 0.5) is 39.5 Å². The summed E-state index contributed by atoms with van der Waals surface area (Å²) in [6.45, 7) is 1.09. The Balaban J connectivity index is 0.000000135. The van der Waals surface area contributed by atoms with E-state index in [0.717, 1.165) is 69.1 Å². The second kappa shape index (κ2) is 53.2. The quantitative estimate of drug-likeness (QED) is 0.0142. The van der Waals surface area contributed by atoms with E-state index in [1.807, 2.05) is 0 Å². The summed E-state index contributed by atoms with van der Waals surface area (Å²) in [4.78, 5) is 29.0. The zero-order chi connectivity index (χ0) is 105. The van der Waals surface area contributed by atoms with Gasteiger partial charge in [0.15, 0.2) is 68.9 Å². The summed E-state index contributed by atoms with van der Waals surface area (Å²) < 4.78 is 210. The van der Waals surface area contributed by atoms with Gasteiger partial charge in [0, 0.05) is 25.0 Å². The van der Waals surface area contributed by atoms with Crippen LogP contribution in [-0.2, 0) is 83.5 Å². The van der Waals surface area contributed by atoms with Gasteiger partial charge >= 0.3 is 17.4 Å². The lowest BCUT2D eigenvalue weighted by atomic mass is 9.49. The van der Waals surface area contributed by atoms with Crippen molar-refractivity contribution in [1.29, 1.82) is 0 Å². The van der Waals surface area contributed by atoms with Crippen LogP contribution in [0.1, 0.15) is 198 Å². The summed E-state index contributed by atoms with van der Waals surface area (Å²) in [5.41, 5.74) is 1.41. The van der Waals surface area contributed by atoms with Crippen molar-refractivity contribution < 1.29 is 88.0 Å². The van der Waals surface area contributed by atoms with E-state index < -0.39 is 85.1 Å². The first kappa shape index (κ1) is 114. The highest BCUT2D eigenvalue weighted by molar-refractivity contribution is 7.98. The molecule has 0 spiro atoms. The van der Waals surface area contributed by atoms with E-state index in [0.29, 0.717) is 36.5 Å². The maximum absolute atomic E-state index is 13.3. The van der Waals surface area contributed by atoms with E-state index in [1.165, 1.54) is 154 Å². The van der Waals surface area contributed by atoms with Crippen LogP contribution in [-0.4, -0.2) is 86.3 Å². The predicted molar refractivity (Wildman–Crippen MR) is 571 cm³/mol. The standard InChI is InChI=1S/C24H25S.3C18H15S.C17H26F2O5S.C12H20O3S.C9H14F2O3S.C5H7F5/c1-4-10-20(11-5-1)21-16-18-24(19-17-21)25(22-12-6-2-7-13-22)23-14-8-3-9-15-23;3*1-4-10-16(11-5-1)19(17-12-6-2-7-13-17)18-14-8-3-9-15-18;18-17(19,11-25(21,22)23)3-1-2-4-24-15(20)16-8-12-5-13(9-16)7-14(6-12)10-16;13-16(14,15)2-1-12-6-9-3-10(7-12)5-11(4-9)8-12;10-9(11,15(12,13)14)5-8-4-6-1-2-7(8)3-6;1-2-4(6,7)3-5(8,9)10/h2-3,6-9,12-20H,1,4-5,10-11H2;3*1-15H;12-14H,1-11H2,(H,21,22,23);9-11H,1-8H2,(H,13,14,15);6-8H,1-5H2,(H,12,13,14);2-3H2,1H3/q4*+1;;;;/p-3. The molecule has 12 aromatic carbocycles. The largest absolute Gasteiger partial charge is 0.748 e.